The maximum atomic E-state index is 13.7. The molecule has 1 saturated heterocycles. The van der Waals surface area contributed by atoms with Crippen molar-refractivity contribution in [2.45, 2.75) is 5.37 Å². The molecule has 1 aliphatic heterocycles. The van der Waals surface area contributed by atoms with Crippen molar-refractivity contribution in [2.24, 2.45) is 0 Å². The number of benzene rings is 2. The molecule has 142 valence electrons. The van der Waals surface area contributed by atoms with Gasteiger partial charge in [0.25, 0.3) is 0 Å². The number of halogens is 2. The number of carbonyl (C=O) groups excluding carboxylic acids is 1. The molecule has 0 saturated carbocycles. The van der Waals surface area contributed by atoms with Gasteiger partial charge in [-0.15, -0.1) is 11.8 Å². The summed E-state index contributed by atoms with van der Waals surface area (Å²) < 4.78 is 37.6. The maximum absolute atomic E-state index is 13.7. The number of nitrogens with zero attached hydrogens (tertiary/aromatic N) is 1. The third-order valence-electron chi connectivity index (χ3n) is 4.23. The van der Waals surface area contributed by atoms with Crippen molar-refractivity contribution in [2.75, 3.05) is 26.5 Å². The van der Waals surface area contributed by atoms with E-state index in [1.807, 2.05) is 12.1 Å². The lowest BCUT2D eigenvalue weighted by atomic mass is 10.1. The van der Waals surface area contributed by atoms with Gasteiger partial charge in [-0.2, -0.15) is 0 Å². The topological polar surface area (TPSA) is 38.8 Å². The van der Waals surface area contributed by atoms with Crippen LogP contribution in [0.25, 0.3) is 6.08 Å². The molecule has 1 unspecified atom stereocenters. The molecule has 1 fully saturated rings. The number of ether oxygens (including phenoxy) is 2. The number of hydrogen-bond acceptors (Lipinski definition) is 4. The lowest BCUT2D eigenvalue weighted by molar-refractivity contribution is -0.126. The van der Waals surface area contributed by atoms with Crippen LogP contribution in [-0.4, -0.2) is 37.3 Å². The molecule has 0 spiro atoms. The largest absolute Gasteiger partial charge is 0.493 e. The van der Waals surface area contributed by atoms with Gasteiger partial charge in [0.1, 0.15) is 17.0 Å². The van der Waals surface area contributed by atoms with Gasteiger partial charge < -0.3 is 14.4 Å². The number of methoxy groups -OCH3 is 2. The Morgan fingerprint density at radius 2 is 1.93 bits per heavy atom. The van der Waals surface area contributed by atoms with E-state index in [0.717, 1.165) is 29.5 Å². The molecule has 27 heavy (non-hydrogen) atoms. The van der Waals surface area contributed by atoms with Crippen molar-refractivity contribution in [3.63, 3.8) is 0 Å². The fourth-order valence-electron chi connectivity index (χ4n) is 2.88. The first-order chi connectivity index (χ1) is 13.0. The van der Waals surface area contributed by atoms with Crippen LogP contribution in [0.1, 0.15) is 16.5 Å². The molecule has 1 atom stereocenters. The number of rotatable bonds is 5. The summed E-state index contributed by atoms with van der Waals surface area (Å²) in [5.41, 5.74) is 0.951. The highest BCUT2D eigenvalue weighted by molar-refractivity contribution is 7.99. The second-order valence-corrected chi connectivity index (χ2v) is 7.06. The van der Waals surface area contributed by atoms with E-state index in [1.54, 1.807) is 36.9 Å². The Labute approximate surface area is 160 Å². The van der Waals surface area contributed by atoms with Gasteiger partial charge in [-0.3, -0.25) is 4.79 Å². The van der Waals surface area contributed by atoms with Gasteiger partial charge >= 0.3 is 0 Å². The summed E-state index contributed by atoms with van der Waals surface area (Å²) >= 11 is 1.63. The molecule has 0 aromatic heterocycles. The third-order valence-corrected chi connectivity index (χ3v) is 5.49. The highest BCUT2D eigenvalue weighted by atomic mass is 32.2. The van der Waals surface area contributed by atoms with Crippen LogP contribution in [-0.2, 0) is 4.79 Å². The molecule has 0 N–H and O–H groups in total. The summed E-state index contributed by atoms with van der Waals surface area (Å²) in [6.07, 6.45) is 2.58. The molecule has 3 rings (SSSR count). The zero-order valence-corrected chi connectivity index (χ0v) is 15.8. The predicted molar refractivity (Wildman–Crippen MR) is 102 cm³/mol. The SMILES string of the molecule is COc1ccc(C2SCCN2C(=O)/C=C/c2cc(F)ccc2F)cc1OC. The van der Waals surface area contributed by atoms with E-state index in [0.29, 0.717) is 18.0 Å². The molecule has 1 aliphatic rings. The summed E-state index contributed by atoms with van der Waals surface area (Å²) in [4.78, 5) is 14.3. The predicted octanol–water partition coefficient (Wildman–Crippen LogP) is 4.27. The summed E-state index contributed by atoms with van der Waals surface area (Å²) in [6.45, 7) is 0.568. The van der Waals surface area contributed by atoms with E-state index < -0.39 is 11.6 Å². The van der Waals surface area contributed by atoms with Gasteiger partial charge in [0.15, 0.2) is 11.5 Å². The molecule has 4 nitrogen and oxygen atoms in total. The van der Waals surface area contributed by atoms with E-state index in [-0.39, 0.29) is 16.8 Å². The summed E-state index contributed by atoms with van der Waals surface area (Å²) in [5, 5.41) is -0.181. The molecule has 0 radical (unpaired) electrons. The van der Waals surface area contributed by atoms with Gasteiger partial charge in [-0.1, -0.05) is 6.07 Å². The third kappa shape index (κ3) is 4.24. The van der Waals surface area contributed by atoms with Crippen LogP contribution in [0.2, 0.25) is 0 Å². The Balaban J connectivity index is 1.80. The zero-order valence-electron chi connectivity index (χ0n) is 14.9. The van der Waals surface area contributed by atoms with Crippen molar-refractivity contribution in [3.05, 3.63) is 65.2 Å². The van der Waals surface area contributed by atoms with E-state index in [1.165, 1.54) is 12.2 Å². The second-order valence-electron chi connectivity index (χ2n) is 5.87. The van der Waals surface area contributed by atoms with Crippen LogP contribution in [0.15, 0.2) is 42.5 Å². The number of amides is 1. The van der Waals surface area contributed by atoms with Crippen molar-refractivity contribution in [3.8, 4) is 11.5 Å². The average Bonchev–Trinajstić information content (AvgIpc) is 3.17. The van der Waals surface area contributed by atoms with E-state index >= 15 is 0 Å². The zero-order chi connectivity index (χ0) is 19.4. The summed E-state index contributed by atoms with van der Waals surface area (Å²) in [6, 6.07) is 8.67. The van der Waals surface area contributed by atoms with E-state index in [9.17, 15) is 13.6 Å². The van der Waals surface area contributed by atoms with Crippen LogP contribution < -0.4 is 9.47 Å². The quantitative estimate of drug-likeness (QED) is 0.714. The summed E-state index contributed by atoms with van der Waals surface area (Å²) in [5.74, 6) is 0.600. The lowest BCUT2D eigenvalue weighted by Crippen LogP contribution is -2.28. The van der Waals surface area contributed by atoms with Gasteiger partial charge in [-0.05, 0) is 42.0 Å². The molecule has 2 aromatic carbocycles. The Morgan fingerprint density at radius 3 is 2.67 bits per heavy atom. The van der Waals surface area contributed by atoms with Crippen molar-refractivity contribution in [1.82, 2.24) is 4.90 Å². The molecule has 2 aromatic rings. The standard InChI is InChI=1S/C20H19F2NO3S/c1-25-17-7-3-14(12-18(17)26-2)20-23(9-10-27-20)19(24)8-4-13-11-15(21)5-6-16(13)22/h3-8,11-12,20H,9-10H2,1-2H3/b8-4+. The van der Waals surface area contributed by atoms with Gasteiger partial charge in [-0.25, -0.2) is 8.78 Å². The molecule has 7 heteroatoms. The van der Waals surface area contributed by atoms with Gasteiger partial charge in [0.2, 0.25) is 5.91 Å². The first-order valence-corrected chi connectivity index (χ1v) is 9.35. The second kappa shape index (κ2) is 8.43. The Hall–Kier alpha value is -2.54. The number of hydrogen-bond donors (Lipinski definition) is 0. The van der Waals surface area contributed by atoms with Gasteiger partial charge in [0.05, 0.1) is 14.2 Å². The Morgan fingerprint density at radius 1 is 1.15 bits per heavy atom. The molecule has 1 amide bonds. The van der Waals surface area contributed by atoms with Crippen molar-refractivity contribution < 1.29 is 23.0 Å². The minimum atomic E-state index is -0.576. The van der Waals surface area contributed by atoms with Crippen LogP contribution >= 0.6 is 11.8 Å². The van der Waals surface area contributed by atoms with E-state index in [4.69, 9.17) is 9.47 Å². The highest BCUT2D eigenvalue weighted by Crippen LogP contribution is 2.41. The van der Waals surface area contributed by atoms with Crippen LogP contribution in [0.5, 0.6) is 11.5 Å². The molecule has 1 heterocycles. The van der Waals surface area contributed by atoms with Crippen LogP contribution in [0.3, 0.4) is 0 Å². The van der Waals surface area contributed by atoms with Crippen LogP contribution in [0, 0.1) is 11.6 Å². The number of carbonyl (C=O) groups is 1. The first kappa shape index (κ1) is 19.2. The smallest absolute Gasteiger partial charge is 0.247 e. The minimum absolute atomic E-state index is 0.0397. The fraction of sp³-hybridized carbons (Fsp3) is 0.250. The van der Waals surface area contributed by atoms with Crippen LogP contribution in [0.4, 0.5) is 8.78 Å². The average molecular weight is 391 g/mol. The fourth-order valence-corrected chi connectivity index (χ4v) is 4.13. The highest BCUT2D eigenvalue weighted by Gasteiger charge is 2.30. The Kier molecular flexibility index (Phi) is 6.01. The lowest BCUT2D eigenvalue weighted by Gasteiger charge is -2.23. The minimum Gasteiger partial charge on any atom is -0.493 e. The Bertz CT molecular complexity index is 872. The first-order valence-electron chi connectivity index (χ1n) is 8.30. The van der Waals surface area contributed by atoms with Crippen molar-refractivity contribution >= 4 is 23.7 Å². The van der Waals surface area contributed by atoms with Crippen molar-refractivity contribution in [1.29, 1.82) is 0 Å². The number of thioether (sulfide) groups is 1. The molecule has 0 aliphatic carbocycles. The van der Waals surface area contributed by atoms with Gasteiger partial charge in [0, 0.05) is 23.9 Å². The normalized spacial score (nSPS) is 16.7. The summed E-state index contributed by atoms with van der Waals surface area (Å²) in [7, 11) is 3.12. The monoisotopic (exact) mass is 391 g/mol. The molecule has 0 bridgehead atoms. The molecular weight excluding hydrogens is 372 g/mol. The molecular formula is C20H19F2NO3S. The van der Waals surface area contributed by atoms with E-state index in [2.05, 4.69) is 0 Å². The maximum Gasteiger partial charge on any atom is 0.247 e.